The first-order valence-corrected chi connectivity index (χ1v) is 7.02. The van der Waals surface area contributed by atoms with Gasteiger partial charge in [0.1, 0.15) is 5.75 Å². The Morgan fingerprint density at radius 1 is 1.24 bits per heavy atom. The molecule has 1 aromatic heterocycles. The summed E-state index contributed by atoms with van der Waals surface area (Å²) in [6, 6.07) is 9.64. The first-order valence-electron chi connectivity index (χ1n) is 7.02. The molecule has 0 aliphatic carbocycles. The van der Waals surface area contributed by atoms with Crippen molar-refractivity contribution < 1.29 is 9.53 Å². The highest BCUT2D eigenvalue weighted by Crippen LogP contribution is 2.10. The third-order valence-corrected chi connectivity index (χ3v) is 3.14. The number of carbonyl (C=O) groups excluding carboxylic acids is 1. The summed E-state index contributed by atoms with van der Waals surface area (Å²) in [5.74, 6) is 0.575. The van der Waals surface area contributed by atoms with Crippen LogP contribution >= 0.6 is 0 Å². The predicted octanol–water partition coefficient (Wildman–Crippen LogP) is 2.00. The van der Waals surface area contributed by atoms with Crippen LogP contribution in [-0.4, -0.2) is 28.8 Å². The maximum Gasteiger partial charge on any atom is 0.258 e. The standard InChI is InChI=1S/C16H21N3O2/c1-12-4-6-15(7-5-12)21-11-16(20)17-8-9-19-14(3)10-13(2)18-19/h4-7,10H,8-9,11H2,1-3H3,(H,17,20). The second kappa shape index (κ2) is 6.92. The maximum absolute atomic E-state index is 11.7. The number of hydrogen-bond acceptors (Lipinski definition) is 3. The molecule has 21 heavy (non-hydrogen) atoms. The van der Waals surface area contributed by atoms with Gasteiger partial charge in [-0.1, -0.05) is 17.7 Å². The topological polar surface area (TPSA) is 56.1 Å². The summed E-state index contributed by atoms with van der Waals surface area (Å²) < 4.78 is 7.30. The summed E-state index contributed by atoms with van der Waals surface area (Å²) in [7, 11) is 0. The molecule has 0 fully saturated rings. The van der Waals surface area contributed by atoms with E-state index >= 15 is 0 Å². The largest absolute Gasteiger partial charge is 0.484 e. The van der Waals surface area contributed by atoms with Gasteiger partial charge in [0.25, 0.3) is 5.91 Å². The minimum Gasteiger partial charge on any atom is -0.484 e. The summed E-state index contributed by atoms with van der Waals surface area (Å²) in [5, 5.41) is 7.17. The van der Waals surface area contributed by atoms with Gasteiger partial charge in [-0.05, 0) is 39.0 Å². The van der Waals surface area contributed by atoms with Gasteiger partial charge in [0, 0.05) is 12.2 Å². The Hall–Kier alpha value is -2.30. The van der Waals surface area contributed by atoms with Gasteiger partial charge in [0.15, 0.2) is 6.61 Å². The summed E-state index contributed by atoms with van der Waals surface area (Å²) in [6.07, 6.45) is 0. The molecule has 0 saturated heterocycles. The molecule has 0 atom stereocenters. The number of nitrogens with one attached hydrogen (secondary N) is 1. The summed E-state index contributed by atoms with van der Waals surface area (Å²) in [6.45, 7) is 7.20. The average Bonchev–Trinajstić information content (AvgIpc) is 2.76. The van der Waals surface area contributed by atoms with Crippen molar-refractivity contribution in [1.29, 1.82) is 0 Å². The van der Waals surface area contributed by atoms with Gasteiger partial charge in [0.05, 0.1) is 12.2 Å². The monoisotopic (exact) mass is 287 g/mol. The maximum atomic E-state index is 11.7. The fourth-order valence-electron chi connectivity index (χ4n) is 2.04. The normalized spacial score (nSPS) is 10.4. The minimum absolute atomic E-state index is 0.0280. The highest BCUT2D eigenvalue weighted by molar-refractivity contribution is 5.77. The average molecular weight is 287 g/mol. The van der Waals surface area contributed by atoms with Crippen LogP contribution in [0, 0.1) is 20.8 Å². The fourth-order valence-corrected chi connectivity index (χ4v) is 2.04. The molecule has 1 amide bonds. The number of amides is 1. The molecule has 1 N–H and O–H groups in total. The first-order chi connectivity index (χ1) is 10.0. The Morgan fingerprint density at radius 3 is 2.57 bits per heavy atom. The first kappa shape index (κ1) is 15.1. The van der Waals surface area contributed by atoms with E-state index in [0.29, 0.717) is 18.8 Å². The summed E-state index contributed by atoms with van der Waals surface area (Å²) >= 11 is 0. The molecule has 2 aromatic rings. The Morgan fingerprint density at radius 2 is 1.95 bits per heavy atom. The van der Waals surface area contributed by atoms with E-state index in [0.717, 1.165) is 17.0 Å². The molecule has 0 saturated carbocycles. The number of hydrogen-bond donors (Lipinski definition) is 1. The van der Waals surface area contributed by atoms with Gasteiger partial charge < -0.3 is 10.1 Å². The van der Waals surface area contributed by atoms with Crippen LogP contribution in [-0.2, 0) is 11.3 Å². The van der Waals surface area contributed by atoms with Gasteiger partial charge in [0.2, 0.25) is 0 Å². The lowest BCUT2D eigenvalue weighted by molar-refractivity contribution is -0.123. The van der Waals surface area contributed by atoms with Crippen molar-refractivity contribution in [3.05, 3.63) is 47.3 Å². The molecule has 0 aliphatic heterocycles. The molecular weight excluding hydrogens is 266 g/mol. The van der Waals surface area contributed by atoms with Crippen molar-refractivity contribution in [3.63, 3.8) is 0 Å². The van der Waals surface area contributed by atoms with Crippen LogP contribution in [0.15, 0.2) is 30.3 Å². The van der Waals surface area contributed by atoms with Crippen LogP contribution in [0.3, 0.4) is 0 Å². The molecule has 5 nitrogen and oxygen atoms in total. The third-order valence-electron chi connectivity index (χ3n) is 3.14. The zero-order chi connectivity index (χ0) is 15.2. The lowest BCUT2D eigenvalue weighted by Crippen LogP contribution is -2.31. The zero-order valence-corrected chi connectivity index (χ0v) is 12.7. The molecule has 5 heteroatoms. The second-order valence-corrected chi connectivity index (χ2v) is 5.10. The summed E-state index contributed by atoms with van der Waals surface area (Å²) in [4.78, 5) is 11.7. The molecule has 112 valence electrons. The molecular formula is C16H21N3O2. The molecule has 1 aromatic carbocycles. The Kier molecular flexibility index (Phi) is 4.98. The van der Waals surface area contributed by atoms with Crippen LogP contribution in [0.1, 0.15) is 17.0 Å². The van der Waals surface area contributed by atoms with E-state index in [4.69, 9.17) is 4.74 Å². The number of ether oxygens (including phenoxy) is 1. The fraction of sp³-hybridized carbons (Fsp3) is 0.375. The van der Waals surface area contributed by atoms with E-state index in [1.54, 1.807) is 0 Å². The van der Waals surface area contributed by atoms with Crippen molar-refractivity contribution in [2.75, 3.05) is 13.2 Å². The van der Waals surface area contributed by atoms with Crippen molar-refractivity contribution >= 4 is 5.91 Å². The molecule has 2 rings (SSSR count). The van der Waals surface area contributed by atoms with E-state index in [1.807, 2.05) is 55.8 Å². The number of nitrogens with zero attached hydrogens (tertiary/aromatic N) is 2. The van der Waals surface area contributed by atoms with Gasteiger partial charge in [-0.3, -0.25) is 9.48 Å². The third kappa shape index (κ3) is 4.63. The van der Waals surface area contributed by atoms with Crippen molar-refractivity contribution in [1.82, 2.24) is 15.1 Å². The number of aromatic nitrogens is 2. The van der Waals surface area contributed by atoms with Gasteiger partial charge in [-0.25, -0.2) is 0 Å². The number of rotatable bonds is 6. The quantitative estimate of drug-likeness (QED) is 0.884. The van der Waals surface area contributed by atoms with E-state index in [9.17, 15) is 4.79 Å². The lowest BCUT2D eigenvalue weighted by Gasteiger charge is -2.08. The van der Waals surface area contributed by atoms with E-state index < -0.39 is 0 Å². The van der Waals surface area contributed by atoms with Crippen molar-refractivity contribution in [2.45, 2.75) is 27.3 Å². The van der Waals surface area contributed by atoms with Crippen LogP contribution in [0.2, 0.25) is 0 Å². The zero-order valence-electron chi connectivity index (χ0n) is 12.7. The summed E-state index contributed by atoms with van der Waals surface area (Å²) in [5.41, 5.74) is 3.25. The molecule has 0 spiro atoms. The van der Waals surface area contributed by atoms with E-state index in [2.05, 4.69) is 10.4 Å². The smallest absolute Gasteiger partial charge is 0.258 e. The Bertz CT molecular complexity index is 602. The van der Waals surface area contributed by atoms with Gasteiger partial charge in [-0.15, -0.1) is 0 Å². The van der Waals surface area contributed by atoms with Crippen molar-refractivity contribution in [2.24, 2.45) is 0 Å². The second-order valence-electron chi connectivity index (χ2n) is 5.10. The molecule has 0 radical (unpaired) electrons. The number of carbonyl (C=O) groups is 1. The van der Waals surface area contributed by atoms with Crippen molar-refractivity contribution in [3.8, 4) is 5.75 Å². The Balaban J connectivity index is 1.70. The van der Waals surface area contributed by atoms with Crippen LogP contribution in [0.5, 0.6) is 5.75 Å². The minimum atomic E-state index is -0.128. The van der Waals surface area contributed by atoms with Crippen LogP contribution < -0.4 is 10.1 Å². The van der Waals surface area contributed by atoms with Crippen LogP contribution in [0.25, 0.3) is 0 Å². The molecule has 0 unspecified atom stereocenters. The number of aryl methyl sites for hydroxylation is 3. The molecule has 1 heterocycles. The number of benzene rings is 1. The molecule has 0 bridgehead atoms. The SMILES string of the molecule is Cc1ccc(OCC(=O)NCCn2nc(C)cc2C)cc1. The van der Waals surface area contributed by atoms with E-state index in [-0.39, 0.29) is 12.5 Å². The van der Waals surface area contributed by atoms with Gasteiger partial charge >= 0.3 is 0 Å². The predicted molar refractivity (Wildman–Crippen MR) is 81.4 cm³/mol. The van der Waals surface area contributed by atoms with E-state index in [1.165, 1.54) is 0 Å². The lowest BCUT2D eigenvalue weighted by atomic mass is 10.2. The highest BCUT2D eigenvalue weighted by atomic mass is 16.5. The van der Waals surface area contributed by atoms with Crippen LogP contribution in [0.4, 0.5) is 0 Å². The highest BCUT2D eigenvalue weighted by Gasteiger charge is 2.04. The molecule has 0 aliphatic rings. The Labute approximate surface area is 124 Å². The van der Waals surface area contributed by atoms with Gasteiger partial charge in [-0.2, -0.15) is 5.10 Å².